The highest BCUT2D eigenvalue weighted by Gasteiger charge is 2.41. The van der Waals surface area contributed by atoms with E-state index in [0.717, 1.165) is 0 Å². The second-order valence-electron chi connectivity index (χ2n) is 15.8. The molecular formula is C49H47F6N11O3. The van der Waals surface area contributed by atoms with Gasteiger partial charge in [0, 0.05) is 85.9 Å². The van der Waals surface area contributed by atoms with Crippen molar-refractivity contribution in [3.8, 4) is 28.3 Å². The van der Waals surface area contributed by atoms with Gasteiger partial charge in [-0.15, -0.1) is 0 Å². The van der Waals surface area contributed by atoms with Gasteiger partial charge in [-0.25, -0.2) is 46.3 Å². The molecule has 14 nitrogen and oxygen atoms in total. The monoisotopic (exact) mass is 951 g/mol. The number of carbonyl (C=O) groups is 3. The number of anilines is 4. The Morgan fingerprint density at radius 2 is 1.19 bits per heavy atom. The molecule has 0 atom stereocenters. The highest BCUT2D eigenvalue weighted by Crippen LogP contribution is 2.42. The summed E-state index contributed by atoms with van der Waals surface area (Å²) in [6.07, 6.45) is 4.59. The summed E-state index contributed by atoms with van der Waals surface area (Å²) in [5, 5.41) is 17.3. The number of nitrogens with zero attached hydrogens (tertiary/aromatic N) is 8. The minimum atomic E-state index is -2.95. The molecule has 6 heterocycles. The first-order chi connectivity index (χ1) is 33.0. The number of hydrogen-bond donors (Lipinski definition) is 3. The molecule has 0 spiro atoms. The van der Waals surface area contributed by atoms with Crippen molar-refractivity contribution in [3.05, 3.63) is 138 Å². The van der Waals surface area contributed by atoms with Gasteiger partial charge in [-0.3, -0.25) is 19.4 Å². The third kappa shape index (κ3) is 12.0. The Kier molecular flexibility index (Phi) is 15.9. The normalized spacial score (nSPS) is 14.4. The molecule has 0 bridgehead atoms. The molecule has 0 radical (unpaired) electrons. The Morgan fingerprint density at radius 1 is 0.667 bits per heavy atom. The number of alkyl halides is 4. The van der Waals surface area contributed by atoms with E-state index in [1.807, 2.05) is 33.8 Å². The molecule has 20 heteroatoms. The van der Waals surface area contributed by atoms with E-state index in [4.69, 9.17) is 0 Å². The molecule has 69 heavy (non-hydrogen) atoms. The van der Waals surface area contributed by atoms with Gasteiger partial charge in [-0.1, -0.05) is 64.1 Å². The number of carbonyl (C=O) groups excluding carboxylic acids is 3. The van der Waals surface area contributed by atoms with E-state index in [-0.39, 0.29) is 87.6 Å². The summed E-state index contributed by atoms with van der Waals surface area (Å²) in [7, 11) is 1.46. The molecule has 3 amide bonds. The van der Waals surface area contributed by atoms with Crippen LogP contribution in [-0.4, -0.2) is 87.7 Å². The zero-order chi connectivity index (χ0) is 50.0. The van der Waals surface area contributed by atoms with E-state index >= 15 is 0 Å². The minimum Gasteiger partial charge on any atom is -0.354 e. The fraction of sp³-hybridized carbons (Fsp3) is 0.286. The summed E-state index contributed by atoms with van der Waals surface area (Å²) in [5.41, 5.74) is 1.17. The molecule has 2 saturated heterocycles. The van der Waals surface area contributed by atoms with E-state index in [1.165, 1.54) is 102 Å². The van der Waals surface area contributed by atoms with Gasteiger partial charge < -0.3 is 25.8 Å². The zero-order valence-electron chi connectivity index (χ0n) is 38.1. The Morgan fingerprint density at radius 3 is 1.68 bits per heavy atom. The molecule has 2 fully saturated rings. The Balaban J connectivity index is 0.000000219. The molecule has 2 aliphatic heterocycles. The predicted molar refractivity (Wildman–Crippen MR) is 249 cm³/mol. The minimum absolute atomic E-state index is 0.0254. The fourth-order valence-corrected chi connectivity index (χ4v) is 7.30. The Bertz CT molecular complexity index is 2860. The van der Waals surface area contributed by atoms with Crippen molar-refractivity contribution in [1.29, 1.82) is 5.26 Å². The van der Waals surface area contributed by atoms with Crippen LogP contribution < -0.4 is 25.8 Å². The molecular weight excluding hydrogens is 905 g/mol. The van der Waals surface area contributed by atoms with Gasteiger partial charge in [0.15, 0.2) is 11.6 Å². The van der Waals surface area contributed by atoms with E-state index in [1.54, 1.807) is 12.1 Å². The summed E-state index contributed by atoms with van der Waals surface area (Å²) in [5.74, 6) is -7.90. The van der Waals surface area contributed by atoms with Crippen LogP contribution in [0.5, 0.6) is 0 Å². The quantitative estimate of drug-likeness (QED) is 0.111. The molecule has 2 aliphatic rings. The molecule has 2 aromatic carbocycles. The number of pyridine rings is 3. The highest BCUT2D eigenvalue weighted by molar-refractivity contribution is 6.09. The lowest BCUT2D eigenvalue weighted by Gasteiger charge is -2.23. The van der Waals surface area contributed by atoms with Crippen LogP contribution in [0, 0.1) is 23.0 Å². The number of hydrogen-bond acceptors (Lipinski definition) is 11. The molecule has 0 unspecified atom stereocenters. The topological polar surface area (TPSA) is 182 Å². The molecule has 4 aromatic heterocycles. The van der Waals surface area contributed by atoms with Gasteiger partial charge in [0.2, 0.25) is 0 Å². The fourth-order valence-electron chi connectivity index (χ4n) is 7.30. The van der Waals surface area contributed by atoms with Crippen LogP contribution in [0.1, 0.15) is 89.2 Å². The van der Waals surface area contributed by atoms with Gasteiger partial charge in [-0.05, 0) is 36.4 Å². The van der Waals surface area contributed by atoms with Crippen LogP contribution in [-0.2, 0) is 0 Å². The van der Waals surface area contributed by atoms with Crippen LogP contribution in [0.25, 0.3) is 22.3 Å². The first kappa shape index (κ1) is 50.5. The molecule has 6 aromatic rings. The van der Waals surface area contributed by atoms with Crippen LogP contribution in [0.4, 0.5) is 49.4 Å². The van der Waals surface area contributed by atoms with Crippen LogP contribution in [0.15, 0.2) is 97.6 Å². The van der Waals surface area contributed by atoms with Crippen molar-refractivity contribution < 1.29 is 40.7 Å². The van der Waals surface area contributed by atoms with Crippen LogP contribution in [0.2, 0.25) is 0 Å². The second kappa shape index (κ2) is 21.8. The average Bonchev–Trinajstić information content (AvgIpc) is 3.92. The van der Waals surface area contributed by atoms with E-state index in [2.05, 4.69) is 40.9 Å². The zero-order valence-corrected chi connectivity index (χ0v) is 38.1. The number of nitrogens with one attached hydrogen (secondary N) is 3. The molecule has 3 N–H and O–H groups in total. The van der Waals surface area contributed by atoms with Gasteiger partial charge in [0.25, 0.3) is 29.6 Å². The number of rotatable bonds is 10. The maximum atomic E-state index is 14.7. The summed E-state index contributed by atoms with van der Waals surface area (Å²) in [4.78, 5) is 61.2. The smallest absolute Gasteiger partial charge is 0.269 e. The van der Waals surface area contributed by atoms with Crippen molar-refractivity contribution in [1.82, 2.24) is 30.2 Å². The van der Waals surface area contributed by atoms with Crippen molar-refractivity contribution in [2.45, 2.75) is 58.3 Å². The van der Waals surface area contributed by atoms with Crippen LogP contribution in [0.3, 0.4) is 0 Å². The third-order valence-corrected chi connectivity index (χ3v) is 10.7. The van der Waals surface area contributed by atoms with Crippen molar-refractivity contribution >= 4 is 40.7 Å². The van der Waals surface area contributed by atoms with E-state index in [9.17, 15) is 46.0 Å². The number of amides is 3. The van der Waals surface area contributed by atoms with Gasteiger partial charge in [-0.2, -0.15) is 5.26 Å². The number of halogens is 6. The lowest BCUT2D eigenvalue weighted by atomic mass is 10.0. The predicted octanol–water partition coefficient (Wildman–Crippen LogP) is 9.54. The number of aromatic nitrogens is 5. The molecule has 358 valence electrons. The second-order valence-corrected chi connectivity index (χ2v) is 15.8. The standard InChI is InChI=1S/C24H21F3N6O.C23H20F3N5O2.C2H6/c1-14(2)21-29-11-15(12-30-21)23(34)32-20-18(17-5-3-4-6-19(17)25)9-16(10-28)31-22(20)33-8-7-24(26,27)13-33;1-27-22(33)18-7-6-14(12-29-18)21(32)30-19-16(15-4-2-3-5-17(15)24)8-10-28-20(19)31-11-9-23(25,26)13-31;1-2/h3-6,9,11-12,14H,7-8,13H2,1-2H3,(H,32,34);2-8,10,12H,9,11,13H2,1H3,(H,27,33)(H,30,32);1-2H3. The van der Waals surface area contributed by atoms with Gasteiger partial charge >= 0.3 is 0 Å². The van der Waals surface area contributed by atoms with E-state index in [0.29, 0.717) is 11.4 Å². The molecule has 0 aliphatic carbocycles. The average molecular weight is 952 g/mol. The summed E-state index contributed by atoms with van der Waals surface area (Å²) in [6.45, 7) is 6.62. The highest BCUT2D eigenvalue weighted by atomic mass is 19.3. The largest absolute Gasteiger partial charge is 0.354 e. The molecule has 8 rings (SSSR count). The Labute approximate surface area is 393 Å². The number of nitriles is 1. The lowest BCUT2D eigenvalue weighted by molar-refractivity contribution is 0.0249. The molecule has 0 saturated carbocycles. The van der Waals surface area contributed by atoms with Gasteiger partial charge in [0.1, 0.15) is 34.9 Å². The summed E-state index contributed by atoms with van der Waals surface area (Å²) in [6, 6.07) is 19.3. The number of benzene rings is 2. The van der Waals surface area contributed by atoms with Crippen molar-refractivity contribution in [2.24, 2.45) is 0 Å². The van der Waals surface area contributed by atoms with E-state index < -0.39 is 60.7 Å². The van der Waals surface area contributed by atoms with Crippen molar-refractivity contribution in [3.63, 3.8) is 0 Å². The summed E-state index contributed by atoms with van der Waals surface area (Å²) >= 11 is 0. The first-order valence-corrected chi connectivity index (χ1v) is 21.8. The van der Waals surface area contributed by atoms with Crippen molar-refractivity contribution in [2.75, 3.05) is 53.7 Å². The Hall–Kier alpha value is -7.95. The SMILES string of the molecule is CC.CC(C)c1ncc(C(=O)Nc2c(-c3ccccc3F)cc(C#N)nc2N2CCC(F)(F)C2)cn1.CNC(=O)c1ccc(C(=O)Nc2c(-c3ccccc3F)ccnc2N2CCC(F)(F)C2)cn1. The van der Waals surface area contributed by atoms with Gasteiger partial charge in [0.05, 0.1) is 35.6 Å². The third-order valence-electron chi connectivity index (χ3n) is 10.7. The summed E-state index contributed by atoms with van der Waals surface area (Å²) < 4.78 is 85.2. The maximum Gasteiger partial charge on any atom is 0.269 e. The maximum absolute atomic E-state index is 14.7. The first-order valence-electron chi connectivity index (χ1n) is 21.8. The van der Waals surface area contributed by atoms with Crippen LogP contribution >= 0.6 is 0 Å². The lowest BCUT2D eigenvalue weighted by Crippen LogP contribution is -2.27.